The van der Waals surface area contributed by atoms with Crippen LogP contribution in [0.5, 0.6) is 23.0 Å². The van der Waals surface area contributed by atoms with Crippen molar-refractivity contribution in [2.24, 2.45) is 5.73 Å². The fourth-order valence-corrected chi connectivity index (χ4v) is 3.82. The first kappa shape index (κ1) is 23.7. The van der Waals surface area contributed by atoms with Crippen LogP contribution >= 0.6 is 11.6 Å². The second kappa shape index (κ2) is 10.7. The van der Waals surface area contributed by atoms with Crippen LogP contribution in [0.3, 0.4) is 0 Å². The molecule has 1 aliphatic heterocycles. The minimum absolute atomic E-state index is 0.0184. The standard InChI is InChI=1S/C27H21ClN2O5/c1-2-11-32-19-7-3-5-17(12-19)26-22-10-9-21(14-24(22)35-27(30)23(26)15-29)34-25(31)16-33-20-8-4-6-18(28)13-20/h2-10,12-14,26H,1,11,16,30H2. The van der Waals surface area contributed by atoms with Crippen molar-refractivity contribution >= 4 is 17.6 Å². The van der Waals surface area contributed by atoms with E-state index < -0.39 is 11.9 Å². The number of nitrogens with zero attached hydrogens (tertiary/aromatic N) is 1. The molecule has 0 spiro atoms. The van der Waals surface area contributed by atoms with Gasteiger partial charge in [-0.25, -0.2) is 4.79 Å². The SMILES string of the molecule is C=CCOc1cccc(C2C(C#N)=C(N)Oc3cc(OC(=O)COc4cccc(Cl)c4)ccc32)c1. The zero-order chi connectivity index (χ0) is 24.8. The highest BCUT2D eigenvalue weighted by Gasteiger charge is 2.31. The summed E-state index contributed by atoms with van der Waals surface area (Å²) in [7, 11) is 0. The summed E-state index contributed by atoms with van der Waals surface area (Å²) in [6, 6.07) is 21.2. The highest BCUT2D eigenvalue weighted by molar-refractivity contribution is 6.30. The first-order valence-electron chi connectivity index (χ1n) is 10.6. The summed E-state index contributed by atoms with van der Waals surface area (Å²) in [5.74, 6) is 0.611. The summed E-state index contributed by atoms with van der Waals surface area (Å²) in [5.41, 5.74) is 7.86. The molecule has 1 atom stereocenters. The normalized spacial score (nSPS) is 14.2. The summed E-state index contributed by atoms with van der Waals surface area (Å²) in [5, 5.41) is 10.3. The van der Waals surface area contributed by atoms with Crippen LogP contribution < -0.4 is 24.7 Å². The lowest BCUT2D eigenvalue weighted by Crippen LogP contribution is -2.21. The zero-order valence-corrected chi connectivity index (χ0v) is 19.3. The molecule has 3 aromatic carbocycles. The topological polar surface area (TPSA) is 104 Å². The number of nitriles is 1. The van der Waals surface area contributed by atoms with Crippen LogP contribution in [-0.2, 0) is 4.79 Å². The lowest BCUT2D eigenvalue weighted by Gasteiger charge is -2.27. The van der Waals surface area contributed by atoms with E-state index >= 15 is 0 Å². The molecule has 1 aliphatic rings. The average molecular weight is 489 g/mol. The Morgan fingerprint density at radius 1 is 1.09 bits per heavy atom. The molecule has 0 bridgehead atoms. The summed E-state index contributed by atoms with van der Waals surface area (Å²) in [4.78, 5) is 12.3. The van der Waals surface area contributed by atoms with Crippen LogP contribution in [0.4, 0.5) is 0 Å². The van der Waals surface area contributed by atoms with Crippen LogP contribution in [0, 0.1) is 11.3 Å². The molecule has 7 nitrogen and oxygen atoms in total. The van der Waals surface area contributed by atoms with Gasteiger partial charge < -0.3 is 24.7 Å². The Kier molecular flexibility index (Phi) is 7.24. The lowest BCUT2D eigenvalue weighted by molar-refractivity contribution is -0.136. The molecule has 4 rings (SSSR count). The van der Waals surface area contributed by atoms with Gasteiger partial charge in [0.25, 0.3) is 0 Å². The number of allylic oxidation sites excluding steroid dienone is 1. The van der Waals surface area contributed by atoms with E-state index in [2.05, 4.69) is 12.6 Å². The molecule has 176 valence electrons. The van der Waals surface area contributed by atoms with E-state index in [0.29, 0.717) is 34.4 Å². The monoisotopic (exact) mass is 488 g/mol. The molecular weight excluding hydrogens is 468 g/mol. The first-order valence-corrected chi connectivity index (χ1v) is 11.0. The van der Waals surface area contributed by atoms with Crippen LogP contribution in [0.2, 0.25) is 5.02 Å². The number of halogens is 1. The molecule has 0 radical (unpaired) electrons. The van der Waals surface area contributed by atoms with E-state index in [-0.39, 0.29) is 23.8 Å². The minimum atomic E-state index is -0.606. The molecule has 2 N–H and O–H groups in total. The second-order valence-corrected chi connectivity index (χ2v) is 7.95. The molecule has 0 aliphatic carbocycles. The molecule has 0 aromatic heterocycles. The highest BCUT2D eigenvalue weighted by Crippen LogP contribution is 2.44. The van der Waals surface area contributed by atoms with Crippen LogP contribution in [0.25, 0.3) is 0 Å². The van der Waals surface area contributed by atoms with Crippen molar-refractivity contribution in [2.75, 3.05) is 13.2 Å². The fraction of sp³-hybridized carbons (Fsp3) is 0.111. The smallest absolute Gasteiger partial charge is 0.349 e. The van der Waals surface area contributed by atoms with Crippen molar-refractivity contribution < 1.29 is 23.7 Å². The van der Waals surface area contributed by atoms with Gasteiger partial charge in [0, 0.05) is 16.7 Å². The number of nitrogens with two attached hydrogens (primary N) is 1. The number of fused-ring (bicyclic) bond motifs is 1. The van der Waals surface area contributed by atoms with E-state index in [1.54, 1.807) is 48.5 Å². The maximum atomic E-state index is 12.3. The van der Waals surface area contributed by atoms with Crippen LogP contribution in [-0.4, -0.2) is 19.2 Å². The van der Waals surface area contributed by atoms with Gasteiger partial charge in [0.05, 0.1) is 5.92 Å². The number of hydrogen-bond donors (Lipinski definition) is 1. The molecule has 1 unspecified atom stereocenters. The first-order chi connectivity index (χ1) is 17.0. The number of benzene rings is 3. The summed E-state index contributed by atoms with van der Waals surface area (Å²) in [6.07, 6.45) is 1.65. The van der Waals surface area contributed by atoms with Gasteiger partial charge in [-0.2, -0.15) is 5.26 Å². The van der Waals surface area contributed by atoms with Gasteiger partial charge in [-0.3, -0.25) is 0 Å². The van der Waals surface area contributed by atoms with Crippen molar-refractivity contribution in [3.05, 3.63) is 107 Å². The number of rotatable bonds is 8. The van der Waals surface area contributed by atoms with Crippen molar-refractivity contribution in [2.45, 2.75) is 5.92 Å². The summed E-state index contributed by atoms with van der Waals surface area (Å²) < 4.78 is 22.2. The number of ether oxygens (including phenoxy) is 4. The molecule has 0 fully saturated rings. The highest BCUT2D eigenvalue weighted by atomic mass is 35.5. The Morgan fingerprint density at radius 2 is 1.86 bits per heavy atom. The van der Waals surface area contributed by atoms with Crippen molar-refractivity contribution in [1.29, 1.82) is 5.26 Å². The Labute approximate surface area is 207 Å². The van der Waals surface area contributed by atoms with Gasteiger partial charge in [-0.1, -0.05) is 48.5 Å². The average Bonchev–Trinajstić information content (AvgIpc) is 2.85. The van der Waals surface area contributed by atoms with E-state index in [9.17, 15) is 10.1 Å². The number of carbonyl (C=O) groups excluding carboxylic acids is 1. The molecule has 1 heterocycles. The quantitative estimate of drug-likeness (QED) is 0.267. The molecule has 35 heavy (non-hydrogen) atoms. The molecule has 0 amide bonds. The van der Waals surface area contributed by atoms with Crippen molar-refractivity contribution in [1.82, 2.24) is 0 Å². The van der Waals surface area contributed by atoms with Crippen molar-refractivity contribution in [3.63, 3.8) is 0 Å². The minimum Gasteiger partial charge on any atom is -0.490 e. The van der Waals surface area contributed by atoms with E-state index in [0.717, 1.165) is 5.56 Å². The Hall–Kier alpha value is -4.41. The predicted octanol–water partition coefficient (Wildman–Crippen LogP) is 5.11. The number of carbonyl (C=O) groups is 1. The maximum Gasteiger partial charge on any atom is 0.349 e. The molecule has 0 saturated heterocycles. The third-order valence-corrected chi connectivity index (χ3v) is 5.37. The van der Waals surface area contributed by atoms with Crippen LogP contribution in [0.15, 0.2) is 90.8 Å². The predicted molar refractivity (Wildman–Crippen MR) is 130 cm³/mol. The van der Waals surface area contributed by atoms with E-state index in [1.807, 2.05) is 24.3 Å². The second-order valence-electron chi connectivity index (χ2n) is 7.52. The maximum absolute atomic E-state index is 12.3. The summed E-state index contributed by atoms with van der Waals surface area (Å²) in [6.45, 7) is 3.70. The zero-order valence-electron chi connectivity index (χ0n) is 18.6. The van der Waals surface area contributed by atoms with Gasteiger partial charge in [-0.05, 0) is 42.0 Å². The third kappa shape index (κ3) is 5.57. The molecular formula is C27H21ClN2O5. The van der Waals surface area contributed by atoms with Gasteiger partial charge in [0.15, 0.2) is 6.61 Å². The van der Waals surface area contributed by atoms with E-state index in [4.69, 9.17) is 36.3 Å². The molecule has 0 saturated carbocycles. The number of hydrogen-bond acceptors (Lipinski definition) is 7. The molecule has 3 aromatic rings. The van der Waals surface area contributed by atoms with Crippen LogP contribution in [0.1, 0.15) is 17.0 Å². The van der Waals surface area contributed by atoms with E-state index in [1.165, 1.54) is 0 Å². The van der Waals surface area contributed by atoms with Gasteiger partial charge in [-0.15, -0.1) is 0 Å². The van der Waals surface area contributed by atoms with Gasteiger partial charge >= 0.3 is 5.97 Å². The number of esters is 1. The van der Waals surface area contributed by atoms with Crippen molar-refractivity contribution in [3.8, 4) is 29.1 Å². The Bertz CT molecular complexity index is 1350. The van der Waals surface area contributed by atoms with Gasteiger partial charge in [0.2, 0.25) is 5.88 Å². The van der Waals surface area contributed by atoms with Gasteiger partial charge in [0.1, 0.15) is 41.2 Å². The largest absolute Gasteiger partial charge is 0.490 e. The Balaban J connectivity index is 1.55. The summed E-state index contributed by atoms with van der Waals surface area (Å²) >= 11 is 5.92. The Morgan fingerprint density at radius 3 is 2.60 bits per heavy atom. The third-order valence-electron chi connectivity index (χ3n) is 5.13. The fourth-order valence-electron chi connectivity index (χ4n) is 3.64. The molecule has 8 heteroatoms. The lowest BCUT2D eigenvalue weighted by atomic mass is 9.83.